The fraction of sp³-hybridized carbons (Fsp3) is 0.350. The Morgan fingerprint density at radius 1 is 1.11 bits per heavy atom. The molecule has 0 aliphatic rings. The molecule has 0 bridgehead atoms. The Labute approximate surface area is 184 Å². The zero-order valence-corrected chi connectivity index (χ0v) is 19.1. The number of amides is 1. The average molecular weight is 460 g/mol. The van der Waals surface area contributed by atoms with Crippen molar-refractivity contribution in [1.29, 1.82) is 0 Å². The Morgan fingerprint density at radius 3 is 2.54 bits per heavy atom. The molecular weight excluding hydrogens is 437 g/mol. The van der Waals surface area contributed by atoms with E-state index in [0.717, 1.165) is 22.0 Å². The van der Waals surface area contributed by atoms with E-state index in [1.165, 1.54) is 11.8 Å². The summed E-state index contributed by atoms with van der Waals surface area (Å²) in [7, 11) is 3.19. The van der Waals surface area contributed by atoms with Crippen LogP contribution in [0.4, 0.5) is 0 Å². The minimum atomic E-state index is -0.214. The molecule has 0 aliphatic carbocycles. The van der Waals surface area contributed by atoms with Gasteiger partial charge in [-0.15, -0.1) is 11.8 Å². The maximum absolute atomic E-state index is 12.3. The van der Waals surface area contributed by atoms with Gasteiger partial charge in [-0.05, 0) is 42.8 Å². The van der Waals surface area contributed by atoms with E-state index in [4.69, 9.17) is 32.7 Å². The monoisotopic (exact) mass is 459 g/mol. The molecular formula is C20H23Cl2NO3S2. The number of methoxy groups -OCH3 is 2. The predicted octanol–water partition coefficient (Wildman–Crippen LogP) is 5.54. The van der Waals surface area contributed by atoms with Gasteiger partial charge in [-0.1, -0.05) is 29.3 Å². The van der Waals surface area contributed by atoms with Crippen LogP contribution in [0, 0.1) is 0 Å². The van der Waals surface area contributed by atoms with Gasteiger partial charge in [0.1, 0.15) is 0 Å². The number of benzene rings is 2. The molecule has 0 saturated carbocycles. The third kappa shape index (κ3) is 6.99. The summed E-state index contributed by atoms with van der Waals surface area (Å²) < 4.78 is 10.5. The molecule has 1 atom stereocenters. The van der Waals surface area contributed by atoms with Crippen molar-refractivity contribution in [2.75, 3.05) is 26.5 Å². The third-order valence-electron chi connectivity index (χ3n) is 3.86. The van der Waals surface area contributed by atoms with Crippen LogP contribution in [0.15, 0.2) is 41.3 Å². The number of halogens is 2. The lowest BCUT2D eigenvalue weighted by Crippen LogP contribution is -2.32. The van der Waals surface area contributed by atoms with Crippen LogP contribution in [-0.2, 0) is 10.5 Å². The lowest BCUT2D eigenvalue weighted by Gasteiger charge is -2.14. The number of nitrogens with one attached hydrogen (secondary N) is 1. The second kappa shape index (κ2) is 11.7. The summed E-state index contributed by atoms with van der Waals surface area (Å²) in [6, 6.07) is 11.1. The molecule has 0 heterocycles. The molecule has 1 N–H and O–H groups in total. The molecule has 4 nitrogen and oxygen atoms in total. The van der Waals surface area contributed by atoms with Crippen molar-refractivity contribution < 1.29 is 14.3 Å². The number of hydrogen-bond acceptors (Lipinski definition) is 5. The van der Waals surface area contributed by atoms with E-state index in [1.807, 2.05) is 37.3 Å². The Kier molecular flexibility index (Phi) is 9.65. The van der Waals surface area contributed by atoms with E-state index in [9.17, 15) is 4.79 Å². The van der Waals surface area contributed by atoms with Gasteiger partial charge in [0.25, 0.3) is 0 Å². The van der Waals surface area contributed by atoms with Crippen LogP contribution in [0.2, 0.25) is 10.0 Å². The highest BCUT2D eigenvalue weighted by atomic mass is 35.5. The second-order valence-corrected chi connectivity index (χ2v) is 9.22. The Morgan fingerprint density at radius 2 is 1.86 bits per heavy atom. The molecule has 0 unspecified atom stereocenters. The van der Waals surface area contributed by atoms with E-state index in [0.29, 0.717) is 28.1 Å². The minimum absolute atomic E-state index is 0.00455. The lowest BCUT2D eigenvalue weighted by atomic mass is 10.2. The number of carbonyl (C=O) groups excluding carboxylic acids is 1. The summed E-state index contributed by atoms with van der Waals surface area (Å²) >= 11 is 15.3. The topological polar surface area (TPSA) is 47.6 Å². The first-order valence-corrected chi connectivity index (χ1v) is 11.4. The molecule has 0 saturated heterocycles. The lowest BCUT2D eigenvalue weighted by molar-refractivity contribution is -0.120. The molecule has 0 fully saturated rings. The average Bonchev–Trinajstić information content (AvgIpc) is 2.68. The highest BCUT2D eigenvalue weighted by Gasteiger charge is 2.15. The van der Waals surface area contributed by atoms with Crippen LogP contribution in [-0.4, -0.2) is 37.7 Å². The smallest absolute Gasteiger partial charge is 0.233 e. The predicted molar refractivity (Wildman–Crippen MR) is 120 cm³/mol. The molecule has 0 radical (unpaired) electrons. The number of carbonyl (C=O) groups is 1. The van der Waals surface area contributed by atoms with Gasteiger partial charge in [0.2, 0.25) is 5.91 Å². The van der Waals surface area contributed by atoms with Crippen LogP contribution in [0.5, 0.6) is 11.5 Å². The maximum atomic E-state index is 12.3. The zero-order chi connectivity index (χ0) is 20.5. The van der Waals surface area contributed by atoms with Crippen LogP contribution < -0.4 is 14.8 Å². The molecule has 152 valence electrons. The van der Waals surface area contributed by atoms with Gasteiger partial charge in [0.05, 0.1) is 19.5 Å². The molecule has 2 aromatic rings. The SMILES string of the molecule is COc1ccc(S[C@@H](C)C(=O)NCCSCc2ccc(Cl)cc2Cl)cc1OC. The second-order valence-electron chi connectivity index (χ2n) is 5.86. The van der Waals surface area contributed by atoms with Crippen molar-refractivity contribution >= 4 is 52.6 Å². The van der Waals surface area contributed by atoms with Gasteiger partial charge in [0.15, 0.2) is 11.5 Å². The summed E-state index contributed by atoms with van der Waals surface area (Å²) in [5, 5.41) is 4.06. The van der Waals surface area contributed by atoms with Gasteiger partial charge in [-0.3, -0.25) is 4.79 Å². The van der Waals surface area contributed by atoms with Crippen molar-refractivity contribution in [1.82, 2.24) is 5.32 Å². The van der Waals surface area contributed by atoms with Crippen molar-refractivity contribution in [2.24, 2.45) is 0 Å². The molecule has 0 aromatic heterocycles. The largest absolute Gasteiger partial charge is 0.493 e. The van der Waals surface area contributed by atoms with E-state index in [2.05, 4.69) is 5.32 Å². The van der Waals surface area contributed by atoms with Gasteiger partial charge in [-0.2, -0.15) is 11.8 Å². The fourth-order valence-electron chi connectivity index (χ4n) is 2.36. The standard InChI is InChI=1S/C20H23Cl2NO3S2/c1-13(28-16-6-7-18(25-2)19(11-16)26-3)20(24)23-8-9-27-12-14-4-5-15(21)10-17(14)22/h4-7,10-11,13H,8-9,12H2,1-3H3,(H,23,24)/t13-/m0/s1. The van der Waals surface area contributed by atoms with Crippen LogP contribution >= 0.6 is 46.7 Å². The van der Waals surface area contributed by atoms with Gasteiger partial charge >= 0.3 is 0 Å². The van der Waals surface area contributed by atoms with E-state index >= 15 is 0 Å². The molecule has 0 aliphatic heterocycles. The minimum Gasteiger partial charge on any atom is -0.493 e. The molecule has 1 amide bonds. The van der Waals surface area contributed by atoms with Gasteiger partial charge in [-0.25, -0.2) is 0 Å². The Balaban J connectivity index is 1.73. The number of hydrogen-bond donors (Lipinski definition) is 1. The molecule has 0 spiro atoms. The summed E-state index contributed by atoms with van der Waals surface area (Å²) in [5.74, 6) is 2.91. The normalized spacial score (nSPS) is 11.8. The number of thioether (sulfide) groups is 2. The number of rotatable bonds is 10. The number of ether oxygens (including phenoxy) is 2. The molecule has 28 heavy (non-hydrogen) atoms. The fourth-order valence-corrected chi connectivity index (χ4v) is 4.70. The first-order valence-electron chi connectivity index (χ1n) is 8.62. The van der Waals surface area contributed by atoms with Gasteiger partial charge in [0, 0.05) is 33.0 Å². The highest BCUT2D eigenvalue weighted by molar-refractivity contribution is 8.00. The first-order chi connectivity index (χ1) is 13.4. The molecule has 8 heteroatoms. The van der Waals surface area contributed by atoms with E-state index < -0.39 is 0 Å². The molecule has 2 aromatic carbocycles. The quantitative estimate of drug-likeness (QED) is 0.373. The summed E-state index contributed by atoms with van der Waals surface area (Å²) in [5.41, 5.74) is 1.04. The van der Waals surface area contributed by atoms with E-state index in [1.54, 1.807) is 32.0 Å². The summed E-state index contributed by atoms with van der Waals surface area (Å²) in [6.45, 7) is 2.49. The van der Waals surface area contributed by atoms with Crippen LogP contribution in [0.25, 0.3) is 0 Å². The van der Waals surface area contributed by atoms with Gasteiger partial charge < -0.3 is 14.8 Å². The highest BCUT2D eigenvalue weighted by Crippen LogP contribution is 2.33. The maximum Gasteiger partial charge on any atom is 0.233 e. The van der Waals surface area contributed by atoms with Crippen LogP contribution in [0.3, 0.4) is 0 Å². The van der Waals surface area contributed by atoms with E-state index in [-0.39, 0.29) is 11.2 Å². The zero-order valence-electron chi connectivity index (χ0n) is 16.0. The third-order valence-corrected chi connectivity index (χ3v) is 6.54. The molecule has 2 rings (SSSR count). The Hall–Kier alpha value is -1.21. The summed E-state index contributed by atoms with van der Waals surface area (Å²) in [6.07, 6.45) is 0. The van der Waals surface area contributed by atoms with Crippen LogP contribution in [0.1, 0.15) is 12.5 Å². The first kappa shape index (κ1) is 23.1. The van der Waals surface area contributed by atoms with Crippen molar-refractivity contribution in [3.8, 4) is 11.5 Å². The Bertz CT molecular complexity index is 805. The van der Waals surface area contributed by atoms with Crippen molar-refractivity contribution in [3.63, 3.8) is 0 Å². The van der Waals surface area contributed by atoms with Crippen molar-refractivity contribution in [2.45, 2.75) is 22.8 Å². The van der Waals surface area contributed by atoms with Crippen molar-refractivity contribution in [3.05, 3.63) is 52.0 Å². The summed E-state index contributed by atoms with van der Waals surface area (Å²) in [4.78, 5) is 13.3.